The van der Waals surface area contributed by atoms with Gasteiger partial charge in [-0.05, 0) is 24.3 Å². The second kappa shape index (κ2) is 10.7. The molecule has 2 N–H and O–H groups in total. The highest BCUT2D eigenvalue weighted by molar-refractivity contribution is 5.93. The lowest BCUT2D eigenvalue weighted by Gasteiger charge is -2.37. The summed E-state index contributed by atoms with van der Waals surface area (Å²) in [5.41, 5.74) is 1.62. The van der Waals surface area contributed by atoms with Gasteiger partial charge in [-0.2, -0.15) is 0 Å². The highest BCUT2D eigenvalue weighted by Gasteiger charge is 2.27. The fraction of sp³-hybridized carbons (Fsp3) is 0.391. The summed E-state index contributed by atoms with van der Waals surface area (Å²) in [6.07, 6.45) is -0.0841. The van der Waals surface area contributed by atoms with E-state index < -0.39 is 11.9 Å². The molecule has 1 aliphatic heterocycles. The van der Waals surface area contributed by atoms with Crippen LogP contribution in [0.1, 0.15) is 6.42 Å². The minimum absolute atomic E-state index is 0.0841. The molecule has 0 radical (unpaired) electrons. The van der Waals surface area contributed by atoms with Gasteiger partial charge >= 0.3 is 5.97 Å². The molecule has 0 aliphatic carbocycles. The number of piperazine rings is 1. The number of rotatable bonds is 9. The Morgan fingerprint density at radius 3 is 2.45 bits per heavy atom. The molecular formula is C23H29N3O5. The molecule has 3 rings (SSSR count). The first-order valence-corrected chi connectivity index (χ1v) is 10.3. The molecular weight excluding hydrogens is 398 g/mol. The van der Waals surface area contributed by atoms with Crippen molar-refractivity contribution in [2.75, 3.05) is 57.2 Å². The standard InChI is InChI=1S/C23H29N3O5/c1-30-19-7-5-6-18(15-19)24-22(27)14-17(23(28)29)16-25-10-12-26(13-11-25)20-8-3-4-9-21(20)31-2/h3-9,15,17H,10-14,16H2,1-2H3,(H,24,27)(H,28,29)/t17-/m1/s1. The van der Waals surface area contributed by atoms with Crippen molar-refractivity contribution in [3.63, 3.8) is 0 Å². The Bertz CT molecular complexity index is 896. The number of nitrogens with zero attached hydrogens (tertiary/aromatic N) is 2. The monoisotopic (exact) mass is 427 g/mol. The summed E-state index contributed by atoms with van der Waals surface area (Å²) < 4.78 is 10.6. The molecule has 0 spiro atoms. The number of methoxy groups -OCH3 is 2. The van der Waals surface area contributed by atoms with E-state index in [0.717, 1.165) is 37.6 Å². The molecule has 31 heavy (non-hydrogen) atoms. The number of ether oxygens (including phenoxy) is 2. The van der Waals surface area contributed by atoms with E-state index >= 15 is 0 Å². The van der Waals surface area contributed by atoms with Crippen LogP contribution in [0.3, 0.4) is 0 Å². The van der Waals surface area contributed by atoms with Crippen LogP contribution in [0.25, 0.3) is 0 Å². The van der Waals surface area contributed by atoms with Gasteiger partial charge in [-0.3, -0.25) is 14.5 Å². The van der Waals surface area contributed by atoms with Gasteiger partial charge in [-0.1, -0.05) is 18.2 Å². The van der Waals surface area contributed by atoms with Crippen LogP contribution in [0.4, 0.5) is 11.4 Å². The molecule has 0 saturated carbocycles. The molecule has 8 heteroatoms. The van der Waals surface area contributed by atoms with E-state index in [1.54, 1.807) is 38.5 Å². The summed E-state index contributed by atoms with van der Waals surface area (Å²) in [6.45, 7) is 3.31. The number of carbonyl (C=O) groups is 2. The van der Waals surface area contributed by atoms with Crippen molar-refractivity contribution in [1.29, 1.82) is 0 Å². The fourth-order valence-electron chi connectivity index (χ4n) is 3.74. The van der Waals surface area contributed by atoms with Crippen LogP contribution in [0.2, 0.25) is 0 Å². The molecule has 1 heterocycles. The van der Waals surface area contributed by atoms with E-state index in [1.165, 1.54) is 0 Å². The predicted molar refractivity (Wildman–Crippen MR) is 119 cm³/mol. The predicted octanol–water partition coefficient (Wildman–Crippen LogP) is 2.56. The largest absolute Gasteiger partial charge is 0.497 e. The topological polar surface area (TPSA) is 91.3 Å². The van der Waals surface area contributed by atoms with Gasteiger partial charge < -0.3 is 24.8 Å². The number of nitrogens with one attached hydrogen (secondary N) is 1. The molecule has 1 amide bonds. The Labute approximate surface area is 182 Å². The van der Waals surface area contributed by atoms with Gasteiger partial charge in [0.2, 0.25) is 5.91 Å². The Morgan fingerprint density at radius 1 is 1.03 bits per heavy atom. The molecule has 0 aromatic heterocycles. The lowest BCUT2D eigenvalue weighted by molar-refractivity contribution is -0.144. The van der Waals surface area contributed by atoms with Crippen LogP contribution in [-0.2, 0) is 9.59 Å². The normalized spacial score (nSPS) is 15.2. The molecule has 2 aromatic carbocycles. The van der Waals surface area contributed by atoms with Crippen molar-refractivity contribution in [1.82, 2.24) is 4.90 Å². The van der Waals surface area contributed by atoms with Crippen molar-refractivity contribution in [3.8, 4) is 11.5 Å². The molecule has 8 nitrogen and oxygen atoms in total. The van der Waals surface area contributed by atoms with Crippen LogP contribution in [0.15, 0.2) is 48.5 Å². The van der Waals surface area contributed by atoms with Gasteiger partial charge in [0.15, 0.2) is 0 Å². The Morgan fingerprint density at radius 2 is 1.77 bits per heavy atom. The lowest BCUT2D eigenvalue weighted by Crippen LogP contribution is -2.49. The van der Waals surface area contributed by atoms with E-state index in [-0.39, 0.29) is 12.3 Å². The number of carboxylic acid groups (broad SMARTS) is 1. The number of para-hydroxylation sites is 2. The summed E-state index contributed by atoms with van der Waals surface area (Å²) in [4.78, 5) is 28.5. The summed E-state index contributed by atoms with van der Waals surface area (Å²) in [5, 5.41) is 12.4. The molecule has 0 unspecified atom stereocenters. The van der Waals surface area contributed by atoms with Crippen molar-refractivity contribution < 1.29 is 24.2 Å². The molecule has 1 fully saturated rings. The van der Waals surface area contributed by atoms with Crippen LogP contribution < -0.4 is 19.7 Å². The number of benzene rings is 2. The van der Waals surface area contributed by atoms with Crippen molar-refractivity contribution in [2.24, 2.45) is 5.92 Å². The molecule has 0 bridgehead atoms. The minimum atomic E-state index is -0.965. The van der Waals surface area contributed by atoms with Crippen LogP contribution in [0.5, 0.6) is 11.5 Å². The first-order chi connectivity index (χ1) is 15.0. The first-order valence-electron chi connectivity index (χ1n) is 10.3. The SMILES string of the molecule is COc1cccc(NC(=O)C[C@H](CN2CCN(c3ccccc3OC)CC2)C(=O)O)c1. The zero-order valence-corrected chi connectivity index (χ0v) is 17.9. The summed E-state index contributed by atoms with van der Waals surface area (Å²) in [6, 6.07) is 14.9. The third-order valence-corrected chi connectivity index (χ3v) is 5.41. The summed E-state index contributed by atoms with van der Waals surface area (Å²) in [5.74, 6) is -0.612. The van der Waals surface area contributed by atoms with Crippen LogP contribution in [-0.4, -0.2) is 68.8 Å². The van der Waals surface area contributed by atoms with Gasteiger partial charge in [0.1, 0.15) is 11.5 Å². The average Bonchev–Trinajstić information content (AvgIpc) is 2.79. The smallest absolute Gasteiger partial charge is 0.308 e. The van der Waals surface area contributed by atoms with E-state index in [0.29, 0.717) is 18.0 Å². The summed E-state index contributed by atoms with van der Waals surface area (Å²) in [7, 11) is 3.21. The second-order valence-corrected chi connectivity index (χ2v) is 7.48. The highest BCUT2D eigenvalue weighted by Crippen LogP contribution is 2.28. The number of aliphatic carboxylic acids is 1. The quantitative estimate of drug-likeness (QED) is 0.635. The van der Waals surface area contributed by atoms with Gasteiger partial charge in [0.05, 0.1) is 25.8 Å². The Kier molecular flexibility index (Phi) is 7.72. The van der Waals surface area contributed by atoms with Gasteiger partial charge in [0, 0.05) is 50.9 Å². The Balaban J connectivity index is 1.53. The third-order valence-electron chi connectivity index (χ3n) is 5.41. The van der Waals surface area contributed by atoms with E-state index in [2.05, 4.69) is 15.1 Å². The van der Waals surface area contributed by atoms with Gasteiger partial charge in [0.25, 0.3) is 0 Å². The van der Waals surface area contributed by atoms with E-state index in [9.17, 15) is 14.7 Å². The molecule has 1 atom stereocenters. The zero-order valence-electron chi connectivity index (χ0n) is 17.9. The zero-order chi connectivity index (χ0) is 22.2. The van der Waals surface area contributed by atoms with Gasteiger partial charge in [-0.25, -0.2) is 0 Å². The number of anilines is 2. The third kappa shape index (κ3) is 6.11. The molecule has 166 valence electrons. The molecule has 1 aliphatic rings. The van der Waals surface area contributed by atoms with Crippen molar-refractivity contribution in [3.05, 3.63) is 48.5 Å². The first kappa shape index (κ1) is 22.4. The number of carboxylic acids is 1. The van der Waals surface area contributed by atoms with Crippen molar-refractivity contribution in [2.45, 2.75) is 6.42 Å². The van der Waals surface area contributed by atoms with Crippen LogP contribution >= 0.6 is 0 Å². The maximum absolute atomic E-state index is 12.4. The van der Waals surface area contributed by atoms with Crippen LogP contribution in [0, 0.1) is 5.92 Å². The second-order valence-electron chi connectivity index (χ2n) is 7.48. The average molecular weight is 428 g/mol. The Hall–Kier alpha value is -3.26. The van der Waals surface area contributed by atoms with Crippen molar-refractivity contribution >= 4 is 23.3 Å². The maximum atomic E-state index is 12.4. The summed E-state index contributed by atoms with van der Waals surface area (Å²) >= 11 is 0. The molecule has 2 aromatic rings. The van der Waals surface area contributed by atoms with Gasteiger partial charge in [-0.15, -0.1) is 0 Å². The number of carbonyl (C=O) groups excluding carboxylic acids is 1. The number of amides is 1. The van der Waals surface area contributed by atoms with E-state index in [1.807, 2.05) is 24.3 Å². The maximum Gasteiger partial charge on any atom is 0.308 e. The molecule has 1 saturated heterocycles. The number of hydrogen-bond acceptors (Lipinski definition) is 6. The fourth-order valence-corrected chi connectivity index (χ4v) is 3.74. The van der Waals surface area contributed by atoms with E-state index in [4.69, 9.17) is 9.47 Å². The number of hydrogen-bond donors (Lipinski definition) is 2. The highest BCUT2D eigenvalue weighted by atomic mass is 16.5. The minimum Gasteiger partial charge on any atom is -0.497 e. The lowest BCUT2D eigenvalue weighted by atomic mass is 10.0.